The first-order chi connectivity index (χ1) is 9.79. The van der Waals surface area contributed by atoms with Crippen LogP contribution in [0.25, 0.3) is 0 Å². The molecule has 1 amide bonds. The summed E-state index contributed by atoms with van der Waals surface area (Å²) in [6, 6.07) is 8.45. The number of piperidine rings is 1. The van der Waals surface area contributed by atoms with Crippen LogP contribution in [-0.4, -0.2) is 30.4 Å². The Morgan fingerprint density at radius 1 is 1.24 bits per heavy atom. The lowest BCUT2D eigenvalue weighted by Crippen LogP contribution is -2.44. The van der Waals surface area contributed by atoms with E-state index in [0.29, 0.717) is 18.4 Å². The Hall–Kier alpha value is -1.06. The number of carbonyl (C=O) groups excluding carboxylic acids is 1. The van der Waals surface area contributed by atoms with Crippen molar-refractivity contribution in [2.75, 3.05) is 19.6 Å². The Balaban J connectivity index is 0.00000161. The molecule has 1 aromatic rings. The van der Waals surface area contributed by atoms with Crippen LogP contribution in [0.15, 0.2) is 24.3 Å². The number of aryl methyl sites for hydroxylation is 1. The van der Waals surface area contributed by atoms with Crippen LogP contribution in [0.3, 0.4) is 0 Å². The number of amides is 1. The summed E-state index contributed by atoms with van der Waals surface area (Å²) in [5, 5.41) is 0. The van der Waals surface area contributed by atoms with Gasteiger partial charge in [-0.15, -0.1) is 12.4 Å². The molecular formula is C17H25ClN2O. The fourth-order valence-electron chi connectivity index (χ4n) is 3.69. The number of carbonyl (C=O) groups is 1. The first-order valence-corrected chi connectivity index (χ1v) is 7.86. The molecule has 0 saturated carbocycles. The van der Waals surface area contributed by atoms with Crippen LogP contribution in [0.1, 0.15) is 42.7 Å². The van der Waals surface area contributed by atoms with E-state index in [9.17, 15) is 4.79 Å². The van der Waals surface area contributed by atoms with Crippen molar-refractivity contribution in [2.45, 2.75) is 38.0 Å². The smallest absolute Gasteiger partial charge is 0.230 e. The van der Waals surface area contributed by atoms with Crippen LogP contribution in [-0.2, 0) is 11.2 Å². The second-order valence-corrected chi connectivity index (χ2v) is 6.17. The third-order valence-electron chi connectivity index (χ3n) is 4.83. The molecule has 2 unspecified atom stereocenters. The normalized spacial score (nSPS) is 24.9. The van der Waals surface area contributed by atoms with E-state index in [4.69, 9.17) is 5.73 Å². The molecule has 3 rings (SSSR count). The molecule has 1 heterocycles. The van der Waals surface area contributed by atoms with E-state index < -0.39 is 0 Å². The van der Waals surface area contributed by atoms with Gasteiger partial charge in [0.05, 0.1) is 5.92 Å². The van der Waals surface area contributed by atoms with Gasteiger partial charge in [0.2, 0.25) is 5.91 Å². The van der Waals surface area contributed by atoms with Crippen LogP contribution in [0.4, 0.5) is 0 Å². The first-order valence-electron chi connectivity index (χ1n) is 7.86. The second kappa shape index (κ2) is 7.28. The average Bonchev–Trinajstić information content (AvgIpc) is 2.53. The zero-order valence-corrected chi connectivity index (χ0v) is 13.3. The van der Waals surface area contributed by atoms with Gasteiger partial charge in [-0.05, 0) is 55.7 Å². The lowest BCUT2D eigenvalue weighted by atomic mass is 9.81. The molecule has 1 saturated heterocycles. The van der Waals surface area contributed by atoms with E-state index in [1.807, 2.05) is 0 Å². The minimum atomic E-state index is 0. The molecule has 2 aliphatic rings. The zero-order chi connectivity index (χ0) is 13.9. The van der Waals surface area contributed by atoms with Crippen LogP contribution in [0.2, 0.25) is 0 Å². The van der Waals surface area contributed by atoms with E-state index >= 15 is 0 Å². The molecule has 1 fully saturated rings. The topological polar surface area (TPSA) is 46.3 Å². The minimum absolute atomic E-state index is 0. The Morgan fingerprint density at radius 2 is 2.05 bits per heavy atom. The highest BCUT2D eigenvalue weighted by Gasteiger charge is 2.31. The van der Waals surface area contributed by atoms with Gasteiger partial charge in [-0.25, -0.2) is 0 Å². The number of likely N-dealkylation sites (tertiary alicyclic amines) is 1. The van der Waals surface area contributed by atoms with E-state index in [1.165, 1.54) is 17.5 Å². The molecule has 1 aromatic carbocycles. The van der Waals surface area contributed by atoms with E-state index in [1.54, 1.807) is 0 Å². The van der Waals surface area contributed by atoms with Gasteiger partial charge in [0, 0.05) is 13.1 Å². The number of benzene rings is 1. The van der Waals surface area contributed by atoms with Crippen molar-refractivity contribution in [1.29, 1.82) is 0 Å². The highest BCUT2D eigenvalue weighted by molar-refractivity contribution is 5.85. The minimum Gasteiger partial charge on any atom is -0.342 e. The number of halogens is 1. The van der Waals surface area contributed by atoms with Crippen LogP contribution in [0, 0.1) is 5.92 Å². The van der Waals surface area contributed by atoms with Gasteiger partial charge >= 0.3 is 0 Å². The molecule has 0 bridgehead atoms. The summed E-state index contributed by atoms with van der Waals surface area (Å²) in [5.74, 6) is 0.901. The lowest BCUT2D eigenvalue weighted by Gasteiger charge is -2.36. The molecule has 116 valence electrons. The van der Waals surface area contributed by atoms with E-state index in [2.05, 4.69) is 29.2 Å². The summed E-state index contributed by atoms with van der Waals surface area (Å²) >= 11 is 0. The number of nitrogens with two attached hydrogens (primary N) is 1. The third-order valence-corrected chi connectivity index (χ3v) is 4.83. The molecule has 1 aliphatic carbocycles. The molecule has 1 aliphatic heterocycles. The lowest BCUT2D eigenvalue weighted by molar-refractivity contribution is -0.134. The fraction of sp³-hybridized carbons (Fsp3) is 0.588. The number of fused-ring (bicyclic) bond motifs is 1. The van der Waals surface area contributed by atoms with Gasteiger partial charge < -0.3 is 10.6 Å². The summed E-state index contributed by atoms with van der Waals surface area (Å²) in [6.45, 7) is 2.47. The SMILES string of the molecule is Cl.NCC1CCCN(C(=O)C2CCCc3ccccc32)C1. The maximum atomic E-state index is 12.9. The van der Waals surface area contributed by atoms with Crippen molar-refractivity contribution in [3.63, 3.8) is 0 Å². The largest absolute Gasteiger partial charge is 0.342 e. The quantitative estimate of drug-likeness (QED) is 0.913. The predicted molar refractivity (Wildman–Crippen MR) is 87.7 cm³/mol. The molecule has 2 atom stereocenters. The molecule has 3 nitrogen and oxygen atoms in total. The van der Waals surface area contributed by atoms with Gasteiger partial charge in [0.15, 0.2) is 0 Å². The number of rotatable bonds is 2. The van der Waals surface area contributed by atoms with Crippen LogP contribution >= 0.6 is 12.4 Å². The molecule has 4 heteroatoms. The monoisotopic (exact) mass is 308 g/mol. The predicted octanol–water partition coefficient (Wildman–Crippen LogP) is 2.73. The number of hydrogen-bond donors (Lipinski definition) is 1. The molecule has 0 aromatic heterocycles. The fourth-order valence-corrected chi connectivity index (χ4v) is 3.69. The molecule has 0 spiro atoms. The first kappa shape index (κ1) is 16.3. The maximum absolute atomic E-state index is 12.9. The van der Waals surface area contributed by atoms with Crippen molar-refractivity contribution in [1.82, 2.24) is 4.90 Å². The van der Waals surface area contributed by atoms with E-state index in [-0.39, 0.29) is 18.3 Å². The number of nitrogens with zero attached hydrogens (tertiary/aromatic N) is 1. The highest BCUT2D eigenvalue weighted by atomic mass is 35.5. The zero-order valence-electron chi connectivity index (χ0n) is 12.5. The van der Waals surface area contributed by atoms with Crippen LogP contribution in [0.5, 0.6) is 0 Å². The molecule has 2 N–H and O–H groups in total. The molecular weight excluding hydrogens is 284 g/mol. The maximum Gasteiger partial charge on any atom is 0.230 e. The van der Waals surface area contributed by atoms with Gasteiger partial charge in [-0.2, -0.15) is 0 Å². The molecule has 0 radical (unpaired) electrons. The van der Waals surface area contributed by atoms with Gasteiger partial charge in [0.25, 0.3) is 0 Å². The summed E-state index contributed by atoms with van der Waals surface area (Å²) < 4.78 is 0. The Bertz CT molecular complexity index is 491. The number of hydrogen-bond acceptors (Lipinski definition) is 2. The van der Waals surface area contributed by atoms with Crippen molar-refractivity contribution >= 4 is 18.3 Å². The van der Waals surface area contributed by atoms with Crippen molar-refractivity contribution in [2.24, 2.45) is 11.7 Å². The summed E-state index contributed by atoms with van der Waals surface area (Å²) in [4.78, 5) is 14.9. The van der Waals surface area contributed by atoms with Crippen molar-refractivity contribution < 1.29 is 4.79 Å². The highest BCUT2D eigenvalue weighted by Crippen LogP contribution is 2.33. The van der Waals surface area contributed by atoms with Crippen molar-refractivity contribution in [3.8, 4) is 0 Å². The summed E-state index contributed by atoms with van der Waals surface area (Å²) in [5.41, 5.74) is 8.41. The standard InChI is InChI=1S/C17H24N2O.ClH/c18-11-13-5-4-10-19(12-13)17(20)16-9-3-7-14-6-1-2-8-15(14)16;/h1-2,6,8,13,16H,3-5,7,9-12,18H2;1H. The Labute approximate surface area is 133 Å². The van der Waals surface area contributed by atoms with E-state index in [0.717, 1.165) is 38.8 Å². The Kier molecular flexibility index (Phi) is 5.65. The van der Waals surface area contributed by atoms with Gasteiger partial charge in [0.1, 0.15) is 0 Å². The third kappa shape index (κ3) is 3.41. The summed E-state index contributed by atoms with van der Waals surface area (Å²) in [6.07, 6.45) is 5.51. The Morgan fingerprint density at radius 3 is 2.86 bits per heavy atom. The van der Waals surface area contributed by atoms with Gasteiger partial charge in [-0.1, -0.05) is 24.3 Å². The van der Waals surface area contributed by atoms with Crippen LogP contribution < -0.4 is 5.73 Å². The average molecular weight is 309 g/mol. The second-order valence-electron chi connectivity index (χ2n) is 6.17. The van der Waals surface area contributed by atoms with Gasteiger partial charge in [-0.3, -0.25) is 4.79 Å². The molecule has 21 heavy (non-hydrogen) atoms. The summed E-state index contributed by atoms with van der Waals surface area (Å²) in [7, 11) is 0. The van der Waals surface area contributed by atoms with Crippen molar-refractivity contribution in [3.05, 3.63) is 35.4 Å².